The second-order valence-electron chi connectivity index (χ2n) is 9.00. The number of nitrogens with zero attached hydrogens (tertiary/aromatic N) is 2. The summed E-state index contributed by atoms with van der Waals surface area (Å²) < 4.78 is 0. The van der Waals surface area contributed by atoms with Gasteiger partial charge in [0.1, 0.15) is 10.0 Å². The summed E-state index contributed by atoms with van der Waals surface area (Å²) in [7, 11) is 0. The van der Waals surface area contributed by atoms with Crippen LogP contribution in [-0.4, -0.2) is 21.7 Å². The van der Waals surface area contributed by atoms with Crippen LogP contribution in [0.3, 0.4) is 0 Å². The fourth-order valence-corrected chi connectivity index (χ4v) is 10.5. The molecule has 0 bridgehead atoms. The quantitative estimate of drug-likeness (QED) is 0.200. The third-order valence-corrected chi connectivity index (χ3v) is 13.3. The Labute approximate surface area is 252 Å². The highest BCUT2D eigenvalue weighted by Gasteiger charge is 2.41. The van der Waals surface area contributed by atoms with Gasteiger partial charge in [0.15, 0.2) is 5.78 Å². The lowest BCUT2D eigenvalue weighted by Crippen LogP contribution is -2.16. The van der Waals surface area contributed by atoms with Crippen LogP contribution >= 0.6 is 68.0 Å². The number of amides is 1. The molecular weight excluding hydrogens is 615 g/mol. The van der Waals surface area contributed by atoms with Crippen molar-refractivity contribution in [1.29, 1.82) is 0 Å². The number of hydrogen-bond acceptors (Lipinski definition) is 10. The van der Waals surface area contributed by atoms with Crippen molar-refractivity contribution in [2.75, 3.05) is 0 Å². The summed E-state index contributed by atoms with van der Waals surface area (Å²) in [6, 6.07) is 16.7. The largest absolute Gasteiger partial charge is 0.320 e. The zero-order valence-corrected chi connectivity index (χ0v) is 25.2. The molecule has 5 nitrogen and oxygen atoms in total. The van der Waals surface area contributed by atoms with Gasteiger partial charge in [0.2, 0.25) is 0 Å². The van der Waals surface area contributed by atoms with Crippen molar-refractivity contribution in [2.45, 2.75) is 6.42 Å². The van der Waals surface area contributed by atoms with Crippen LogP contribution in [0.25, 0.3) is 50.5 Å². The molecule has 1 amide bonds. The smallest absolute Gasteiger partial charge is 0.256 e. The Bertz CT molecular complexity index is 1850. The molecule has 194 valence electrons. The first kappa shape index (κ1) is 24.5. The molecule has 6 aromatic heterocycles. The number of nitrogens with one attached hydrogen (secondary N) is 1. The van der Waals surface area contributed by atoms with Gasteiger partial charge in [-0.2, -0.15) is 0 Å². The van der Waals surface area contributed by atoms with Crippen LogP contribution in [0.5, 0.6) is 0 Å². The van der Waals surface area contributed by atoms with Crippen LogP contribution in [0.1, 0.15) is 16.2 Å². The number of Topliss-reactive ketones (excluding diaryl/α,β-unsaturated/α-hetero) is 1. The van der Waals surface area contributed by atoms with E-state index in [0.29, 0.717) is 16.8 Å². The van der Waals surface area contributed by atoms with Gasteiger partial charge in [0.25, 0.3) is 5.91 Å². The van der Waals surface area contributed by atoms with Gasteiger partial charge in [-0.3, -0.25) is 9.59 Å². The Morgan fingerprint density at radius 2 is 1.18 bits per heavy atom. The molecule has 0 unspecified atom stereocenters. The van der Waals surface area contributed by atoms with Crippen molar-refractivity contribution in [3.8, 4) is 39.3 Å². The van der Waals surface area contributed by atoms with Gasteiger partial charge in [-0.15, -0.1) is 68.0 Å². The first-order chi connectivity index (χ1) is 19.6. The molecule has 40 heavy (non-hydrogen) atoms. The lowest BCUT2D eigenvalue weighted by atomic mass is 10.1. The standard InChI is InChI=1S/C29H15N3O2S6/c33-15-11-14(22-12-30-28(39-22)20-7-5-18(37-20)16-3-1-9-35-16)24-25(15)26(32-27(24)34)23-13-31-29(40-23)21-8-6-19(38-21)17-4-2-10-36-17/h1-10,12-13H,11H2,(H,32,34). The van der Waals surface area contributed by atoms with Crippen LogP contribution in [0.15, 0.2) is 82.8 Å². The van der Waals surface area contributed by atoms with E-state index in [0.717, 1.165) is 35.1 Å². The average Bonchev–Trinajstić information content (AvgIpc) is 3.82. The van der Waals surface area contributed by atoms with Crippen LogP contribution in [-0.2, 0) is 9.59 Å². The molecule has 0 radical (unpaired) electrons. The number of fused-ring (bicyclic) bond motifs is 1. The number of rotatable bonds is 6. The van der Waals surface area contributed by atoms with Crippen LogP contribution in [0, 0.1) is 0 Å². The van der Waals surface area contributed by atoms with E-state index in [2.05, 4.69) is 68.5 Å². The van der Waals surface area contributed by atoms with E-state index >= 15 is 0 Å². The average molecular weight is 630 g/mol. The Balaban J connectivity index is 1.12. The van der Waals surface area contributed by atoms with Crippen LogP contribution < -0.4 is 5.32 Å². The van der Waals surface area contributed by atoms with E-state index in [1.165, 1.54) is 42.2 Å². The van der Waals surface area contributed by atoms with Gasteiger partial charge in [-0.1, -0.05) is 12.1 Å². The maximum atomic E-state index is 13.3. The fraction of sp³-hybridized carbons (Fsp3) is 0.0345. The number of hydrogen-bond donors (Lipinski definition) is 1. The number of allylic oxidation sites excluding steroid dienone is 1. The van der Waals surface area contributed by atoms with E-state index in [1.807, 2.05) is 6.07 Å². The molecule has 8 rings (SSSR count). The molecule has 0 fully saturated rings. The lowest BCUT2D eigenvalue weighted by Gasteiger charge is -2.01. The third kappa shape index (κ3) is 4.04. The SMILES string of the molecule is O=C1CC(c2cnc(-c3ccc(-c4cccs4)s3)s2)=C2C(=O)NC(c3cnc(-c4ccc(-c5cccs5)s4)s3)=C12. The Morgan fingerprint density at radius 1 is 0.600 bits per heavy atom. The Hall–Kier alpha value is -3.32. The maximum Gasteiger partial charge on any atom is 0.256 e. The van der Waals surface area contributed by atoms with Crippen molar-refractivity contribution >= 4 is 91.0 Å². The van der Waals surface area contributed by atoms with Gasteiger partial charge in [-0.05, 0) is 52.7 Å². The van der Waals surface area contributed by atoms with E-state index < -0.39 is 0 Å². The summed E-state index contributed by atoms with van der Waals surface area (Å²) >= 11 is 9.85. The monoisotopic (exact) mass is 629 g/mol. The number of thiazole rings is 2. The molecule has 0 atom stereocenters. The van der Waals surface area contributed by atoms with Gasteiger partial charge in [0.05, 0.1) is 36.4 Å². The number of thiophene rings is 4. The minimum atomic E-state index is -0.233. The van der Waals surface area contributed by atoms with Crippen LogP contribution in [0.4, 0.5) is 0 Å². The van der Waals surface area contributed by atoms with Crippen LogP contribution in [0.2, 0.25) is 0 Å². The highest BCUT2D eigenvalue weighted by molar-refractivity contribution is 7.27. The third-order valence-electron chi connectivity index (χ3n) is 6.60. The Morgan fingerprint density at radius 3 is 1.77 bits per heavy atom. The summed E-state index contributed by atoms with van der Waals surface area (Å²) in [6.45, 7) is 0. The molecule has 2 aliphatic rings. The number of carbonyl (C=O) groups excluding carboxylic acids is 2. The molecule has 11 heteroatoms. The zero-order valence-electron chi connectivity index (χ0n) is 20.3. The summed E-state index contributed by atoms with van der Waals surface area (Å²) in [5.41, 5.74) is 2.29. The van der Waals surface area contributed by atoms with Crippen molar-refractivity contribution in [2.24, 2.45) is 0 Å². The molecule has 7 heterocycles. The van der Waals surface area contributed by atoms with Gasteiger partial charge >= 0.3 is 0 Å². The van der Waals surface area contributed by atoms with Crippen molar-refractivity contribution < 1.29 is 9.59 Å². The minimum absolute atomic E-state index is 0.0459. The van der Waals surface area contributed by atoms with Crippen molar-refractivity contribution in [3.05, 3.63) is 92.6 Å². The molecule has 1 N–H and O–H groups in total. The van der Waals surface area contributed by atoms with Gasteiger partial charge in [-0.25, -0.2) is 9.97 Å². The molecular formula is C29H15N3O2S6. The second-order valence-corrected chi connectivity index (χ2v) is 15.1. The predicted molar refractivity (Wildman–Crippen MR) is 169 cm³/mol. The van der Waals surface area contributed by atoms with E-state index in [1.54, 1.807) is 57.7 Å². The molecule has 0 saturated heterocycles. The fourth-order valence-electron chi connectivity index (χ4n) is 4.82. The molecule has 0 spiro atoms. The first-order valence-corrected chi connectivity index (χ1v) is 17.2. The van der Waals surface area contributed by atoms with Gasteiger partial charge < -0.3 is 5.32 Å². The zero-order chi connectivity index (χ0) is 26.8. The molecule has 1 aliphatic carbocycles. The number of carbonyl (C=O) groups is 2. The highest BCUT2D eigenvalue weighted by atomic mass is 32.1. The number of ketones is 1. The molecule has 6 aromatic rings. The Kier molecular flexibility index (Phi) is 5.91. The van der Waals surface area contributed by atoms with Crippen molar-refractivity contribution in [3.63, 3.8) is 0 Å². The molecule has 0 saturated carbocycles. The molecule has 1 aliphatic heterocycles. The van der Waals surface area contributed by atoms with Gasteiger partial charge in [0, 0.05) is 38.3 Å². The first-order valence-electron chi connectivity index (χ1n) is 12.2. The predicted octanol–water partition coefficient (Wildman–Crippen LogP) is 8.78. The summed E-state index contributed by atoms with van der Waals surface area (Å²) in [6.07, 6.45) is 3.75. The summed E-state index contributed by atoms with van der Waals surface area (Å²) in [4.78, 5) is 44.4. The summed E-state index contributed by atoms with van der Waals surface area (Å²) in [5, 5.41) is 8.89. The van der Waals surface area contributed by atoms with E-state index in [-0.39, 0.29) is 18.1 Å². The van der Waals surface area contributed by atoms with E-state index in [4.69, 9.17) is 0 Å². The van der Waals surface area contributed by atoms with E-state index in [9.17, 15) is 9.59 Å². The highest BCUT2D eigenvalue weighted by Crippen LogP contribution is 2.47. The second kappa shape index (κ2) is 9.65. The minimum Gasteiger partial charge on any atom is -0.320 e. The normalized spacial score (nSPS) is 15.0. The maximum absolute atomic E-state index is 13.3. The topological polar surface area (TPSA) is 72.0 Å². The lowest BCUT2D eigenvalue weighted by molar-refractivity contribution is -0.116. The summed E-state index contributed by atoms with van der Waals surface area (Å²) in [5.74, 6) is -0.279. The van der Waals surface area contributed by atoms with Crippen molar-refractivity contribution in [1.82, 2.24) is 15.3 Å². The molecule has 0 aromatic carbocycles. The number of aromatic nitrogens is 2.